The molecule has 2 aliphatic heterocycles. The second-order valence-corrected chi connectivity index (χ2v) is 7.51. The summed E-state index contributed by atoms with van der Waals surface area (Å²) in [6.07, 6.45) is 5.48. The molecule has 3 rings (SSSR count). The van der Waals surface area contributed by atoms with Crippen LogP contribution >= 0.6 is 0 Å². The monoisotopic (exact) mass is 350 g/mol. The maximum absolute atomic E-state index is 12.6. The molecule has 0 saturated carbocycles. The van der Waals surface area contributed by atoms with Gasteiger partial charge in [0.05, 0.1) is 6.20 Å². The van der Waals surface area contributed by atoms with Crippen LogP contribution in [0.25, 0.3) is 0 Å². The number of rotatable bonds is 5. The third kappa shape index (κ3) is 5.23. The molecule has 2 saturated heterocycles. The number of nitrogens with zero attached hydrogens (tertiary/aromatic N) is 6. The second-order valence-electron chi connectivity index (χ2n) is 7.51. The third-order valence-corrected chi connectivity index (χ3v) is 5.33. The Bertz CT molecular complexity index is 537. The highest BCUT2D eigenvalue weighted by atomic mass is 16.3. The van der Waals surface area contributed by atoms with Gasteiger partial charge in [0.25, 0.3) is 0 Å². The molecule has 1 N–H and O–H groups in total. The van der Waals surface area contributed by atoms with E-state index in [2.05, 4.69) is 27.2 Å². The number of hydrogen-bond donors (Lipinski definition) is 1. The molecule has 0 radical (unpaired) electrons. The van der Waals surface area contributed by atoms with Crippen molar-refractivity contribution in [3.8, 4) is 0 Å². The Kier molecular flexibility index (Phi) is 6.39. The zero-order valence-corrected chi connectivity index (χ0v) is 15.1. The fourth-order valence-corrected chi connectivity index (χ4v) is 3.99. The number of aromatic nitrogens is 3. The number of amides is 1. The third-order valence-electron chi connectivity index (χ3n) is 5.33. The lowest BCUT2D eigenvalue weighted by Gasteiger charge is -2.39. The van der Waals surface area contributed by atoms with Crippen LogP contribution in [0.2, 0.25) is 0 Å². The SMILES string of the molecule is CN1CCCN(C[C@H]2C[C@@H](CO)CN(C(=O)Cn3ccnn3)C2)CC1. The van der Waals surface area contributed by atoms with E-state index in [0.29, 0.717) is 12.5 Å². The molecule has 1 amide bonds. The summed E-state index contributed by atoms with van der Waals surface area (Å²) >= 11 is 0. The van der Waals surface area contributed by atoms with E-state index in [0.717, 1.165) is 45.7 Å². The lowest BCUT2D eigenvalue weighted by Crippen LogP contribution is -2.49. The van der Waals surface area contributed by atoms with Gasteiger partial charge in [-0.05, 0) is 44.8 Å². The maximum atomic E-state index is 12.6. The smallest absolute Gasteiger partial charge is 0.244 e. The van der Waals surface area contributed by atoms with Crippen molar-refractivity contribution in [3.63, 3.8) is 0 Å². The Morgan fingerprint density at radius 2 is 2.04 bits per heavy atom. The van der Waals surface area contributed by atoms with Crippen LogP contribution in [0.4, 0.5) is 0 Å². The second kappa shape index (κ2) is 8.73. The van der Waals surface area contributed by atoms with E-state index in [-0.39, 0.29) is 25.0 Å². The molecule has 0 aromatic carbocycles. The average molecular weight is 350 g/mol. The molecule has 25 heavy (non-hydrogen) atoms. The molecule has 0 spiro atoms. The summed E-state index contributed by atoms with van der Waals surface area (Å²) in [4.78, 5) is 19.4. The Labute approximate surface area is 149 Å². The van der Waals surface area contributed by atoms with E-state index in [1.807, 2.05) is 4.90 Å². The molecular formula is C17H30N6O2. The van der Waals surface area contributed by atoms with E-state index < -0.39 is 0 Å². The summed E-state index contributed by atoms with van der Waals surface area (Å²) in [6.45, 7) is 7.26. The van der Waals surface area contributed by atoms with Crippen LogP contribution in [0.1, 0.15) is 12.8 Å². The molecule has 1 aromatic heterocycles. The predicted octanol–water partition coefficient (Wildman–Crippen LogP) is -0.627. The van der Waals surface area contributed by atoms with Crippen molar-refractivity contribution in [2.45, 2.75) is 19.4 Å². The van der Waals surface area contributed by atoms with E-state index >= 15 is 0 Å². The van der Waals surface area contributed by atoms with Gasteiger partial charge in [-0.15, -0.1) is 5.10 Å². The highest BCUT2D eigenvalue weighted by Crippen LogP contribution is 2.23. The minimum absolute atomic E-state index is 0.0595. The standard InChI is InChI=1S/C17H30N6O2/c1-20-4-2-5-21(8-7-20)10-15-9-16(14-24)12-22(11-15)17(25)13-23-6-3-18-19-23/h3,6,15-16,24H,2,4-5,7-14H2,1H3/t15-,16-/m1/s1. The number of hydrogen-bond acceptors (Lipinski definition) is 6. The normalized spacial score (nSPS) is 26.6. The summed E-state index contributed by atoms with van der Waals surface area (Å²) in [5.74, 6) is 0.659. The van der Waals surface area contributed by atoms with E-state index in [4.69, 9.17) is 0 Å². The highest BCUT2D eigenvalue weighted by molar-refractivity contribution is 5.76. The number of likely N-dealkylation sites (N-methyl/N-ethyl adjacent to an activating group) is 1. The summed E-state index contributed by atoms with van der Waals surface area (Å²) in [6, 6.07) is 0. The van der Waals surface area contributed by atoms with Crippen LogP contribution in [0, 0.1) is 11.8 Å². The summed E-state index contributed by atoms with van der Waals surface area (Å²) in [7, 11) is 2.18. The lowest BCUT2D eigenvalue weighted by atomic mass is 9.89. The Balaban J connectivity index is 1.57. The van der Waals surface area contributed by atoms with Crippen molar-refractivity contribution in [2.24, 2.45) is 11.8 Å². The van der Waals surface area contributed by atoms with Crippen molar-refractivity contribution in [2.75, 3.05) is 59.5 Å². The quantitative estimate of drug-likeness (QED) is 0.762. The molecule has 8 heteroatoms. The predicted molar refractivity (Wildman–Crippen MR) is 93.8 cm³/mol. The van der Waals surface area contributed by atoms with Gasteiger partial charge >= 0.3 is 0 Å². The molecule has 1 aromatic rings. The fourth-order valence-electron chi connectivity index (χ4n) is 3.99. The van der Waals surface area contributed by atoms with Gasteiger partial charge in [0, 0.05) is 45.5 Å². The maximum Gasteiger partial charge on any atom is 0.244 e. The van der Waals surface area contributed by atoms with Gasteiger partial charge < -0.3 is 19.8 Å². The molecule has 0 aliphatic carbocycles. The fraction of sp³-hybridized carbons (Fsp3) is 0.824. The van der Waals surface area contributed by atoms with E-state index in [1.165, 1.54) is 6.42 Å². The molecule has 0 unspecified atom stereocenters. The first kappa shape index (κ1) is 18.3. The number of aliphatic hydroxyl groups is 1. The van der Waals surface area contributed by atoms with E-state index in [9.17, 15) is 9.90 Å². The van der Waals surface area contributed by atoms with Gasteiger partial charge in [-0.3, -0.25) is 4.79 Å². The summed E-state index contributed by atoms with van der Waals surface area (Å²) < 4.78 is 1.56. The van der Waals surface area contributed by atoms with Crippen LogP contribution in [0.5, 0.6) is 0 Å². The van der Waals surface area contributed by atoms with Crippen LogP contribution in [-0.2, 0) is 11.3 Å². The average Bonchev–Trinajstić information content (AvgIpc) is 3.03. The van der Waals surface area contributed by atoms with Gasteiger partial charge in [0.15, 0.2) is 0 Å². The van der Waals surface area contributed by atoms with Gasteiger partial charge in [0.1, 0.15) is 6.54 Å². The Morgan fingerprint density at radius 1 is 1.20 bits per heavy atom. The zero-order valence-electron chi connectivity index (χ0n) is 15.1. The van der Waals surface area contributed by atoms with Crippen molar-refractivity contribution >= 4 is 5.91 Å². The number of piperidine rings is 1. The van der Waals surface area contributed by atoms with Crippen LogP contribution in [-0.4, -0.2) is 100 Å². The molecule has 0 bridgehead atoms. The largest absolute Gasteiger partial charge is 0.396 e. The highest BCUT2D eigenvalue weighted by Gasteiger charge is 2.31. The van der Waals surface area contributed by atoms with Crippen molar-refractivity contribution in [1.29, 1.82) is 0 Å². The topological polar surface area (TPSA) is 77.7 Å². The molecule has 2 atom stereocenters. The minimum atomic E-state index is 0.0595. The van der Waals surface area contributed by atoms with E-state index in [1.54, 1.807) is 17.1 Å². The van der Waals surface area contributed by atoms with Crippen molar-refractivity contribution in [3.05, 3.63) is 12.4 Å². The van der Waals surface area contributed by atoms with Gasteiger partial charge in [-0.25, -0.2) is 4.68 Å². The zero-order chi connectivity index (χ0) is 17.6. The number of aliphatic hydroxyl groups excluding tert-OH is 1. The molecule has 140 valence electrons. The molecule has 2 aliphatic rings. The first-order chi connectivity index (χ1) is 12.1. The minimum Gasteiger partial charge on any atom is -0.396 e. The number of carbonyl (C=O) groups excluding carboxylic acids is 1. The first-order valence-corrected chi connectivity index (χ1v) is 9.27. The van der Waals surface area contributed by atoms with Gasteiger partial charge in [-0.1, -0.05) is 5.21 Å². The van der Waals surface area contributed by atoms with Crippen LogP contribution in [0.3, 0.4) is 0 Å². The Hall–Kier alpha value is -1.51. The van der Waals surface area contributed by atoms with Gasteiger partial charge in [-0.2, -0.15) is 0 Å². The van der Waals surface area contributed by atoms with Gasteiger partial charge in [0.2, 0.25) is 5.91 Å². The molecule has 3 heterocycles. The number of carbonyl (C=O) groups is 1. The molecule has 8 nitrogen and oxygen atoms in total. The van der Waals surface area contributed by atoms with Crippen molar-refractivity contribution < 1.29 is 9.90 Å². The van der Waals surface area contributed by atoms with Crippen LogP contribution < -0.4 is 0 Å². The molecular weight excluding hydrogens is 320 g/mol. The lowest BCUT2D eigenvalue weighted by molar-refractivity contribution is -0.135. The van der Waals surface area contributed by atoms with Crippen LogP contribution in [0.15, 0.2) is 12.4 Å². The Morgan fingerprint density at radius 3 is 2.80 bits per heavy atom. The first-order valence-electron chi connectivity index (χ1n) is 9.27. The molecule has 2 fully saturated rings. The summed E-state index contributed by atoms with van der Waals surface area (Å²) in [5.41, 5.74) is 0. The summed E-state index contributed by atoms with van der Waals surface area (Å²) in [5, 5.41) is 17.3. The number of likely N-dealkylation sites (tertiary alicyclic amines) is 1. The van der Waals surface area contributed by atoms with Crippen molar-refractivity contribution in [1.82, 2.24) is 29.7 Å².